The first-order chi connectivity index (χ1) is 19.0. The Hall–Kier alpha value is -3.37. The molecule has 42 heavy (non-hydrogen) atoms. The Bertz CT molecular complexity index is 999. The quantitative estimate of drug-likeness (QED) is 0.120. The molecule has 0 aromatic heterocycles. The molecule has 240 valence electrons. The molecule has 0 aliphatic rings. The molecule has 0 unspecified atom stereocenters. The fraction of sp³-hybridized carbons (Fsp3) is 0.600. The summed E-state index contributed by atoms with van der Waals surface area (Å²) in [5.74, 6) is -1.47. The Morgan fingerprint density at radius 3 is 1.24 bits per heavy atom. The lowest BCUT2D eigenvalue weighted by molar-refractivity contribution is -0.191. The number of halogens is 1. The van der Waals surface area contributed by atoms with Crippen LogP contribution < -0.4 is 0 Å². The summed E-state index contributed by atoms with van der Waals surface area (Å²) >= 11 is 3.09. The number of hydrogen-bond donors (Lipinski definition) is 0. The van der Waals surface area contributed by atoms with Gasteiger partial charge in [-0.2, -0.15) is 9.59 Å². The standard InChI is InChI=1S/C14H24O4.C10H16O4.C5H7BrO.CO2/c1-10(11(15)17-6)8-13(2,3)9-14(4,5)12(16)18-7;1-7(8(11)13-4)6-10(2,3)9(12)14-5;1-4(3-6)5(2)7;2-1-3/h1,8-9H2,2-7H3;1,6H2,2-5H3;1,3H2,2H3;. The summed E-state index contributed by atoms with van der Waals surface area (Å²) in [5, 5.41) is 0.586. The maximum Gasteiger partial charge on any atom is 0.373 e. The highest BCUT2D eigenvalue weighted by molar-refractivity contribution is 9.09. The van der Waals surface area contributed by atoms with Crippen molar-refractivity contribution in [2.45, 2.75) is 67.7 Å². The summed E-state index contributed by atoms with van der Waals surface area (Å²) < 4.78 is 18.5. The number of Topliss-reactive ketones (excluding diaryl/α,β-unsaturated/α-hetero) is 1. The maximum atomic E-state index is 11.7. The third-order valence-corrected chi connectivity index (χ3v) is 6.03. The zero-order valence-corrected chi connectivity index (χ0v) is 28.4. The lowest BCUT2D eigenvalue weighted by atomic mass is 9.72. The second-order valence-corrected chi connectivity index (χ2v) is 11.6. The van der Waals surface area contributed by atoms with E-state index < -0.39 is 22.8 Å². The predicted octanol–water partition coefficient (Wildman–Crippen LogP) is 4.97. The van der Waals surface area contributed by atoms with E-state index in [9.17, 15) is 24.0 Å². The van der Waals surface area contributed by atoms with Gasteiger partial charge in [0.1, 0.15) is 0 Å². The number of methoxy groups -OCH3 is 4. The summed E-state index contributed by atoms with van der Waals surface area (Å²) in [6, 6.07) is 0. The average molecular weight is 664 g/mol. The highest BCUT2D eigenvalue weighted by Gasteiger charge is 2.36. The third-order valence-electron chi connectivity index (χ3n) is 5.35. The van der Waals surface area contributed by atoms with Gasteiger partial charge >= 0.3 is 30.0 Å². The molecule has 0 aliphatic heterocycles. The van der Waals surface area contributed by atoms with E-state index in [-0.39, 0.29) is 41.3 Å². The van der Waals surface area contributed by atoms with Gasteiger partial charge in [0.2, 0.25) is 0 Å². The Morgan fingerprint density at radius 2 is 0.976 bits per heavy atom. The van der Waals surface area contributed by atoms with Gasteiger partial charge in [-0.25, -0.2) is 9.59 Å². The van der Waals surface area contributed by atoms with Crippen molar-refractivity contribution in [2.75, 3.05) is 33.8 Å². The Balaban J connectivity index is -0.000000265. The predicted molar refractivity (Wildman–Crippen MR) is 160 cm³/mol. The minimum Gasteiger partial charge on any atom is -0.469 e. The van der Waals surface area contributed by atoms with E-state index in [0.717, 1.165) is 0 Å². The molecule has 12 heteroatoms. The molecule has 0 heterocycles. The summed E-state index contributed by atoms with van der Waals surface area (Å²) in [5.41, 5.74) is -0.261. The minimum atomic E-state index is -0.750. The molecule has 0 spiro atoms. The number of ketones is 1. The van der Waals surface area contributed by atoms with E-state index in [2.05, 4.69) is 49.9 Å². The molecule has 0 aromatic carbocycles. The van der Waals surface area contributed by atoms with Crippen LogP contribution in [0.3, 0.4) is 0 Å². The summed E-state index contributed by atoms with van der Waals surface area (Å²) in [4.78, 5) is 71.8. The molecule has 0 aromatic rings. The molecule has 0 radical (unpaired) electrons. The van der Waals surface area contributed by atoms with Gasteiger partial charge in [-0.15, -0.1) is 0 Å². The van der Waals surface area contributed by atoms with Gasteiger partial charge in [0.15, 0.2) is 5.78 Å². The molecular weight excluding hydrogens is 616 g/mol. The van der Waals surface area contributed by atoms with E-state index in [4.69, 9.17) is 14.3 Å². The smallest absolute Gasteiger partial charge is 0.373 e. The van der Waals surface area contributed by atoms with Crippen molar-refractivity contribution in [3.05, 3.63) is 36.5 Å². The molecule has 0 bridgehead atoms. The Morgan fingerprint density at radius 1 is 0.643 bits per heavy atom. The largest absolute Gasteiger partial charge is 0.469 e. The van der Waals surface area contributed by atoms with Crippen molar-refractivity contribution < 1.29 is 52.5 Å². The second-order valence-electron chi connectivity index (χ2n) is 11.0. The van der Waals surface area contributed by atoms with Crippen LogP contribution >= 0.6 is 15.9 Å². The van der Waals surface area contributed by atoms with Crippen molar-refractivity contribution in [3.63, 3.8) is 0 Å². The summed E-state index contributed by atoms with van der Waals surface area (Å²) in [6.45, 7) is 23.3. The van der Waals surface area contributed by atoms with Crippen molar-refractivity contribution >= 4 is 51.7 Å². The minimum absolute atomic E-state index is 0.0527. The zero-order valence-electron chi connectivity index (χ0n) is 26.8. The fourth-order valence-corrected chi connectivity index (χ4v) is 3.99. The molecule has 0 rings (SSSR count). The lowest BCUT2D eigenvalue weighted by Gasteiger charge is -2.33. The molecule has 0 N–H and O–H groups in total. The monoisotopic (exact) mass is 662 g/mol. The summed E-state index contributed by atoms with van der Waals surface area (Å²) in [7, 11) is 5.30. The van der Waals surface area contributed by atoms with Gasteiger partial charge in [-0.1, -0.05) is 49.5 Å². The van der Waals surface area contributed by atoms with E-state index in [1.165, 1.54) is 35.4 Å². The number of allylic oxidation sites excluding steroid dienone is 1. The van der Waals surface area contributed by atoms with Crippen LogP contribution in [0.15, 0.2) is 36.5 Å². The second kappa shape index (κ2) is 22.3. The number of ether oxygens (including phenoxy) is 4. The normalized spacial score (nSPS) is 10.2. The van der Waals surface area contributed by atoms with Crippen molar-refractivity contribution in [1.82, 2.24) is 0 Å². The Kier molecular flexibility index (Phi) is 24.2. The molecule has 11 nitrogen and oxygen atoms in total. The van der Waals surface area contributed by atoms with E-state index in [1.54, 1.807) is 13.8 Å². The van der Waals surface area contributed by atoms with Crippen LogP contribution in [-0.2, 0) is 52.5 Å². The van der Waals surface area contributed by atoms with Crippen molar-refractivity contribution in [3.8, 4) is 0 Å². The summed E-state index contributed by atoms with van der Waals surface area (Å²) in [6.07, 6.45) is 1.56. The highest BCUT2D eigenvalue weighted by atomic mass is 79.9. The van der Waals surface area contributed by atoms with Crippen LogP contribution in [0.5, 0.6) is 0 Å². The number of alkyl halides is 1. The third kappa shape index (κ3) is 21.4. The van der Waals surface area contributed by atoms with Crippen LogP contribution in [0.4, 0.5) is 0 Å². The molecular formula is C30H47BrO11. The molecule has 0 saturated carbocycles. The van der Waals surface area contributed by atoms with Gasteiger partial charge < -0.3 is 18.9 Å². The molecule has 0 aliphatic carbocycles. The van der Waals surface area contributed by atoms with E-state index in [1.807, 2.05) is 27.7 Å². The van der Waals surface area contributed by atoms with E-state index >= 15 is 0 Å². The van der Waals surface area contributed by atoms with Crippen molar-refractivity contribution in [2.24, 2.45) is 16.2 Å². The van der Waals surface area contributed by atoms with Gasteiger partial charge in [-0.05, 0) is 64.9 Å². The number of rotatable bonds is 12. The van der Waals surface area contributed by atoms with Crippen LogP contribution in [-0.4, -0.2) is 69.6 Å². The molecule has 0 amide bonds. The van der Waals surface area contributed by atoms with Gasteiger partial charge in [-0.3, -0.25) is 14.4 Å². The van der Waals surface area contributed by atoms with Crippen molar-refractivity contribution in [1.29, 1.82) is 0 Å². The zero-order chi connectivity index (χ0) is 34.5. The SMILES string of the molecule is C=C(CBr)C(C)=O.C=C(CC(C)(C)C(=O)OC)C(=O)OC.C=C(CC(C)(C)CC(C)(C)C(=O)OC)C(=O)OC.O=C=O. The van der Waals surface area contributed by atoms with Crippen LogP contribution in [0, 0.1) is 16.2 Å². The lowest BCUT2D eigenvalue weighted by Crippen LogP contribution is -2.32. The number of carbonyl (C=O) groups excluding carboxylic acids is 7. The van der Waals surface area contributed by atoms with Crippen LogP contribution in [0.25, 0.3) is 0 Å². The first-order valence-corrected chi connectivity index (χ1v) is 13.6. The molecule has 0 fully saturated rings. The Labute approximate surface area is 258 Å². The van der Waals surface area contributed by atoms with Crippen LogP contribution in [0.2, 0.25) is 0 Å². The topological polar surface area (TPSA) is 156 Å². The van der Waals surface area contributed by atoms with E-state index in [0.29, 0.717) is 29.3 Å². The fourth-order valence-electron chi connectivity index (χ4n) is 3.59. The highest BCUT2D eigenvalue weighted by Crippen LogP contribution is 2.38. The first kappa shape index (κ1) is 45.6. The van der Waals surface area contributed by atoms with Gasteiger partial charge in [0, 0.05) is 16.5 Å². The van der Waals surface area contributed by atoms with Gasteiger partial charge in [0.05, 0.1) is 39.3 Å². The van der Waals surface area contributed by atoms with Crippen LogP contribution in [0.1, 0.15) is 67.7 Å². The first-order valence-electron chi connectivity index (χ1n) is 12.4. The number of esters is 4. The maximum absolute atomic E-state index is 11.7. The molecule has 0 saturated heterocycles. The number of hydrogen-bond acceptors (Lipinski definition) is 11. The molecule has 0 atom stereocenters. The average Bonchev–Trinajstić information content (AvgIpc) is 2.90. The number of carbonyl (C=O) groups is 5. The van der Waals surface area contributed by atoms with Gasteiger partial charge in [0.25, 0.3) is 0 Å².